The van der Waals surface area contributed by atoms with E-state index in [0.29, 0.717) is 0 Å². The maximum Gasteiger partial charge on any atom is 0.120 e. The highest BCUT2D eigenvalue weighted by Crippen LogP contribution is 2.18. The monoisotopic (exact) mass is 182 g/mol. The third kappa shape index (κ3) is 8.40. The van der Waals surface area contributed by atoms with Crippen molar-refractivity contribution in [2.24, 2.45) is 0 Å². The fourth-order valence-corrected chi connectivity index (χ4v) is 1.91. The summed E-state index contributed by atoms with van der Waals surface area (Å²) in [6.45, 7) is 6.93. The van der Waals surface area contributed by atoms with E-state index in [-0.39, 0.29) is 0 Å². The summed E-state index contributed by atoms with van der Waals surface area (Å²) in [5, 5.41) is 0. The van der Waals surface area contributed by atoms with E-state index in [9.17, 15) is 0 Å². The Morgan fingerprint density at radius 3 is 2.08 bits per heavy atom. The molecule has 0 N–H and O–H groups in total. The summed E-state index contributed by atoms with van der Waals surface area (Å²) >= 11 is 0. The van der Waals surface area contributed by atoms with E-state index in [1.165, 1.54) is 58.6 Å². The van der Waals surface area contributed by atoms with E-state index in [1.807, 2.05) is 0 Å². The minimum atomic E-state index is 1.01. The molecule has 0 aliphatic heterocycles. The van der Waals surface area contributed by atoms with Crippen LogP contribution in [0, 0.1) is 0 Å². The van der Waals surface area contributed by atoms with Crippen LogP contribution in [0.5, 0.6) is 0 Å². The summed E-state index contributed by atoms with van der Waals surface area (Å²) in [7, 11) is 1.38. The van der Waals surface area contributed by atoms with Crippen molar-refractivity contribution in [1.29, 1.82) is 0 Å². The van der Waals surface area contributed by atoms with Crippen LogP contribution < -0.4 is 0 Å². The molecule has 1 heteroatoms. The van der Waals surface area contributed by atoms with Crippen LogP contribution >= 0.6 is 0 Å². The Morgan fingerprint density at radius 2 is 1.54 bits per heavy atom. The lowest BCUT2D eigenvalue weighted by atomic mass is 9.63. The molecule has 0 aromatic heterocycles. The second-order valence-corrected chi connectivity index (χ2v) is 4.24. The van der Waals surface area contributed by atoms with Gasteiger partial charge in [-0.25, -0.2) is 0 Å². The van der Waals surface area contributed by atoms with Crippen LogP contribution in [0.4, 0.5) is 0 Å². The van der Waals surface area contributed by atoms with Gasteiger partial charge in [0.15, 0.2) is 0 Å². The molecule has 0 aliphatic carbocycles. The fourth-order valence-electron chi connectivity index (χ4n) is 1.91. The standard InChI is InChI=1S/C12H27B/c1-4-6-7-8-9-10-11-12(5-2)13-3/h12-13H,4-11H2,1-3H3. The van der Waals surface area contributed by atoms with Gasteiger partial charge in [0.2, 0.25) is 0 Å². The molecule has 0 heterocycles. The maximum absolute atomic E-state index is 2.32. The minimum absolute atomic E-state index is 1.01. The Hall–Kier alpha value is 0.0649. The first-order valence-corrected chi connectivity index (χ1v) is 6.35. The lowest BCUT2D eigenvalue weighted by Crippen LogP contribution is -1.98. The number of rotatable bonds is 9. The Bertz CT molecular complexity index is 87.1. The van der Waals surface area contributed by atoms with Crippen LogP contribution in [0.25, 0.3) is 0 Å². The van der Waals surface area contributed by atoms with Crippen molar-refractivity contribution in [2.45, 2.75) is 77.9 Å². The van der Waals surface area contributed by atoms with Crippen molar-refractivity contribution in [2.75, 3.05) is 0 Å². The zero-order valence-corrected chi connectivity index (χ0v) is 9.94. The fraction of sp³-hybridized carbons (Fsp3) is 1.00. The SMILES string of the molecule is CBC(CC)CCCCCCCC. The normalized spacial score (nSPS) is 12.8. The van der Waals surface area contributed by atoms with Gasteiger partial charge in [0.1, 0.15) is 7.28 Å². The van der Waals surface area contributed by atoms with Crippen molar-refractivity contribution in [1.82, 2.24) is 0 Å². The summed E-state index contributed by atoms with van der Waals surface area (Å²) in [6.07, 6.45) is 11.5. The van der Waals surface area contributed by atoms with Crippen LogP contribution in [-0.4, -0.2) is 7.28 Å². The van der Waals surface area contributed by atoms with Gasteiger partial charge in [-0.15, -0.1) is 0 Å². The molecule has 0 aromatic carbocycles. The molecule has 0 saturated heterocycles. The second kappa shape index (κ2) is 10.1. The van der Waals surface area contributed by atoms with Gasteiger partial charge < -0.3 is 0 Å². The molecular formula is C12H27B. The molecule has 0 radical (unpaired) electrons. The highest BCUT2D eigenvalue weighted by Gasteiger charge is 2.03. The summed E-state index contributed by atoms with van der Waals surface area (Å²) in [5.74, 6) is 1.01. The Kier molecular flexibility index (Phi) is 10.2. The summed E-state index contributed by atoms with van der Waals surface area (Å²) in [5.41, 5.74) is 0. The molecule has 0 aliphatic rings. The third-order valence-corrected chi connectivity index (χ3v) is 3.12. The summed E-state index contributed by atoms with van der Waals surface area (Å²) < 4.78 is 0. The van der Waals surface area contributed by atoms with Gasteiger partial charge in [-0.3, -0.25) is 0 Å². The van der Waals surface area contributed by atoms with E-state index in [4.69, 9.17) is 0 Å². The number of unbranched alkanes of at least 4 members (excludes halogenated alkanes) is 5. The molecule has 1 unspecified atom stereocenters. The predicted octanol–water partition coefficient (Wildman–Crippen LogP) is 4.42. The lowest BCUT2D eigenvalue weighted by Gasteiger charge is -2.10. The lowest BCUT2D eigenvalue weighted by molar-refractivity contribution is 0.570. The molecule has 0 spiro atoms. The molecule has 0 aromatic rings. The van der Waals surface area contributed by atoms with E-state index in [0.717, 1.165) is 5.82 Å². The molecule has 0 amide bonds. The Morgan fingerprint density at radius 1 is 0.923 bits per heavy atom. The first kappa shape index (κ1) is 13.1. The second-order valence-electron chi connectivity index (χ2n) is 4.24. The van der Waals surface area contributed by atoms with E-state index in [2.05, 4.69) is 20.7 Å². The van der Waals surface area contributed by atoms with E-state index < -0.39 is 0 Å². The number of hydrogen-bond donors (Lipinski definition) is 0. The predicted molar refractivity (Wildman–Crippen MR) is 65.0 cm³/mol. The van der Waals surface area contributed by atoms with Crippen LogP contribution in [0.3, 0.4) is 0 Å². The van der Waals surface area contributed by atoms with E-state index in [1.54, 1.807) is 0 Å². The molecule has 0 fully saturated rings. The van der Waals surface area contributed by atoms with Crippen molar-refractivity contribution < 1.29 is 0 Å². The highest BCUT2D eigenvalue weighted by atomic mass is 14.0. The van der Waals surface area contributed by atoms with Crippen LogP contribution in [-0.2, 0) is 0 Å². The summed E-state index contributed by atoms with van der Waals surface area (Å²) in [4.78, 5) is 0. The topological polar surface area (TPSA) is 0 Å². The Labute approximate surface area is 85.7 Å². The third-order valence-electron chi connectivity index (χ3n) is 3.12. The quantitative estimate of drug-likeness (QED) is 0.365. The van der Waals surface area contributed by atoms with Gasteiger partial charge in [0.25, 0.3) is 0 Å². The molecule has 0 saturated carbocycles. The zero-order chi connectivity index (χ0) is 9.94. The summed E-state index contributed by atoms with van der Waals surface area (Å²) in [6, 6.07) is 0. The molecule has 13 heavy (non-hydrogen) atoms. The molecule has 1 atom stereocenters. The first-order chi connectivity index (χ1) is 6.35. The van der Waals surface area contributed by atoms with Crippen LogP contribution in [0.2, 0.25) is 12.6 Å². The van der Waals surface area contributed by atoms with Crippen molar-refractivity contribution >= 4 is 7.28 Å². The molecule has 78 valence electrons. The van der Waals surface area contributed by atoms with Gasteiger partial charge in [-0.1, -0.05) is 77.9 Å². The van der Waals surface area contributed by atoms with Crippen LogP contribution in [0.15, 0.2) is 0 Å². The number of hydrogen-bond acceptors (Lipinski definition) is 0. The zero-order valence-electron chi connectivity index (χ0n) is 9.94. The molecule has 0 nitrogen and oxygen atoms in total. The largest absolute Gasteiger partial charge is 0.120 e. The Balaban J connectivity index is 3.05. The smallest absolute Gasteiger partial charge is 0.0891 e. The van der Waals surface area contributed by atoms with Gasteiger partial charge >= 0.3 is 0 Å². The minimum Gasteiger partial charge on any atom is -0.0891 e. The van der Waals surface area contributed by atoms with Crippen LogP contribution in [0.1, 0.15) is 65.2 Å². The van der Waals surface area contributed by atoms with Gasteiger partial charge in [0, 0.05) is 0 Å². The van der Waals surface area contributed by atoms with Gasteiger partial charge in [-0.05, 0) is 0 Å². The maximum atomic E-state index is 2.32. The van der Waals surface area contributed by atoms with Gasteiger partial charge in [0.05, 0.1) is 0 Å². The first-order valence-electron chi connectivity index (χ1n) is 6.35. The highest BCUT2D eigenvalue weighted by molar-refractivity contribution is 6.35. The molecular weight excluding hydrogens is 155 g/mol. The van der Waals surface area contributed by atoms with Crippen molar-refractivity contribution in [3.63, 3.8) is 0 Å². The average Bonchev–Trinajstić information content (AvgIpc) is 2.17. The molecule has 0 bridgehead atoms. The van der Waals surface area contributed by atoms with E-state index >= 15 is 0 Å². The van der Waals surface area contributed by atoms with Crippen molar-refractivity contribution in [3.05, 3.63) is 0 Å². The average molecular weight is 182 g/mol. The molecule has 0 rings (SSSR count). The van der Waals surface area contributed by atoms with Crippen molar-refractivity contribution in [3.8, 4) is 0 Å². The van der Waals surface area contributed by atoms with Gasteiger partial charge in [-0.2, -0.15) is 0 Å².